The van der Waals surface area contributed by atoms with E-state index in [1.54, 1.807) is 0 Å². The van der Waals surface area contributed by atoms with Gasteiger partial charge in [-0.15, -0.1) is 0 Å². The van der Waals surface area contributed by atoms with E-state index in [2.05, 4.69) is 12.2 Å². The lowest BCUT2D eigenvalue weighted by Gasteiger charge is -2.26. The zero-order valence-corrected chi connectivity index (χ0v) is 10.8. The fourth-order valence-electron chi connectivity index (χ4n) is 1.99. The summed E-state index contributed by atoms with van der Waals surface area (Å²) < 4.78 is 11.1. The van der Waals surface area contributed by atoms with Crippen LogP contribution in [0.2, 0.25) is 0 Å². The van der Waals surface area contributed by atoms with Gasteiger partial charge in [0.25, 0.3) is 5.91 Å². The van der Waals surface area contributed by atoms with Gasteiger partial charge in [-0.1, -0.05) is 25.5 Å². The van der Waals surface area contributed by atoms with Crippen LogP contribution in [-0.4, -0.2) is 24.7 Å². The summed E-state index contributed by atoms with van der Waals surface area (Å²) in [6, 6.07) is 7.56. The molecule has 0 spiro atoms. The Kier molecular flexibility index (Phi) is 4.07. The van der Waals surface area contributed by atoms with Crippen LogP contribution in [0.5, 0.6) is 11.5 Å². The fourth-order valence-corrected chi connectivity index (χ4v) is 1.99. The summed E-state index contributed by atoms with van der Waals surface area (Å²) in [4.78, 5) is 12.0. The zero-order chi connectivity index (χ0) is 13.0. The molecule has 4 heteroatoms. The number of benzene rings is 1. The average molecular weight is 249 g/mol. The number of hydrogen-bond acceptors (Lipinski definition) is 3. The number of carbonyl (C=O) groups excluding carboxylic acids is 1. The number of rotatable bonds is 4. The molecule has 0 fully saturated rings. The molecule has 2 atom stereocenters. The van der Waals surface area contributed by atoms with Gasteiger partial charge in [-0.05, 0) is 25.5 Å². The van der Waals surface area contributed by atoms with Crippen molar-refractivity contribution in [1.29, 1.82) is 0 Å². The number of hydrogen-bond donors (Lipinski definition) is 1. The lowest BCUT2D eigenvalue weighted by molar-refractivity contribution is -0.131. The van der Waals surface area contributed by atoms with Crippen molar-refractivity contribution < 1.29 is 14.3 Å². The highest BCUT2D eigenvalue weighted by Gasteiger charge is 2.27. The standard InChI is InChI=1S/C14H19NO3/c1-3-6-10(2)15-14(16)13-9-17-11-7-4-5-8-12(11)18-13/h4-5,7-8,10,13H,3,6,9H2,1-2H3,(H,15,16)/t10-,13+/m1/s1. The van der Waals surface area contributed by atoms with E-state index in [1.807, 2.05) is 31.2 Å². The van der Waals surface area contributed by atoms with E-state index in [0.29, 0.717) is 11.5 Å². The summed E-state index contributed by atoms with van der Waals surface area (Å²) in [6.07, 6.45) is 1.46. The SMILES string of the molecule is CCC[C@@H](C)NC(=O)[C@@H]1COc2ccccc2O1. The van der Waals surface area contributed by atoms with Crippen molar-refractivity contribution in [2.24, 2.45) is 0 Å². The molecule has 0 aliphatic carbocycles. The van der Waals surface area contributed by atoms with Crippen molar-refractivity contribution in [2.45, 2.75) is 38.8 Å². The first-order valence-electron chi connectivity index (χ1n) is 6.39. The lowest BCUT2D eigenvalue weighted by Crippen LogP contribution is -2.46. The van der Waals surface area contributed by atoms with Crippen molar-refractivity contribution in [1.82, 2.24) is 5.32 Å². The molecule has 98 valence electrons. The second-order valence-corrected chi connectivity index (χ2v) is 4.56. The molecule has 1 heterocycles. The molecule has 1 amide bonds. The van der Waals surface area contributed by atoms with Gasteiger partial charge in [0, 0.05) is 6.04 Å². The number of para-hydroxylation sites is 2. The summed E-state index contributed by atoms with van der Waals surface area (Å²) in [5, 5.41) is 2.94. The van der Waals surface area contributed by atoms with Crippen LogP contribution in [0.4, 0.5) is 0 Å². The van der Waals surface area contributed by atoms with Gasteiger partial charge in [0.05, 0.1) is 0 Å². The van der Waals surface area contributed by atoms with Gasteiger partial charge >= 0.3 is 0 Å². The topological polar surface area (TPSA) is 47.6 Å². The van der Waals surface area contributed by atoms with E-state index in [-0.39, 0.29) is 18.6 Å². The first kappa shape index (κ1) is 12.7. The molecule has 1 N–H and O–H groups in total. The molecular formula is C14H19NO3. The molecule has 0 bridgehead atoms. The molecule has 0 aromatic heterocycles. The maximum Gasteiger partial charge on any atom is 0.264 e. The van der Waals surface area contributed by atoms with Crippen LogP contribution in [0.25, 0.3) is 0 Å². The Morgan fingerprint density at radius 3 is 2.89 bits per heavy atom. The first-order chi connectivity index (χ1) is 8.70. The van der Waals surface area contributed by atoms with E-state index < -0.39 is 6.10 Å². The van der Waals surface area contributed by atoms with E-state index >= 15 is 0 Å². The van der Waals surface area contributed by atoms with Crippen molar-refractivity contribution in [3.63, 3.8) is 0 Å². The summed E-state index contributed by atoms with van der Waals surface area (Å²) >= 11 is 0. The van der Waals surface area contributed by atoms with Crippen LogP contribution in [0.1, 0.15) is 26.7 Å². The van der Waals surface area contributed by atoms with E-state index in [4.69, 9.17) is 9.47 Å². The summed E-state index contributed by atoms with van der Waals surface area (Å²) in [6.45, 7) is 4.36. The molecule has 1 aliphatic rings. The van der Waals surface area contributed by atoms with E-state index in [9.17, 15) is 4.79 Å². The number of fused-ring (bicyclic) bond motifs is 1. The molecule has 1 aliphatic heterocycles. The Morgan fingerprint density at radius 2 is 2.17 bits per heavy atom. The number of ether oxygens (including phenoxy) is 2. The Balaban J connectivity index is 1.94. The minimum atomic E-state index is -0.556. The summed E-state index contributed by atoms with van der Waals surface area (Å²) in [7, 11) is 0. The summed E-state index contributed by atoms with van der Waals surface area (Å²) in [5.41, 5.74) is 0. The maximum absolute atomic E-state index is 12.0. The highest BCUT2D eigenvalue weighted by Crippen LogP contribution is 2.30. The molecule has 0 radical (unpaired) electrons. The highest BCUT2D eigenvalue weighted by molar-refractivity contribution is 5.82. The number of carbonyl (C=O) groups is 1. The Morgan fingerprint density at radius 1 is 1.44 bits per heavy atom. The van der Waals surface area contributed by atoms with Gasteiger partial charge in [-0.25, -0.2) is 0 Å². The van der Waals surface area contributed by atoms with Crippen LogP contribution in [-0.2, 0) is 4.79 Å². The van der Waals surface area contributed by atoms with Gasteiger partial charge in [-0.3, -0.25) is 4.79 Å². The van der Waals surface area contributed by atoms with Gasteiger partial charge in [0.15, 0.2) is 11.5 Å². The van der Waals surface area contributed by atoms with Gasteiger partial charge in [0.1, 0.15) is 6.61 Å². The van der Waals surface area contributed by atoms with Gasteiger partial charge in [0.2, 0.25) is 6.10 Å². The molecule has 1 aromatic carbocycles. The van der Waals surface area contributed by atoms with Crippen molar-refractivity contribution in [2.75, 3.05) is 6.61 Å². The smallest absolute Gasteiger partial charge is 0.264 e. The van der Waals surface area contributed by atoms with Crippen LogP contribution in [0.3, 0.4) is 0 Å². The average Bonchev–Trinajstić information content (AvgIpc) is 2.38. The minimum absolute atomic E-state index is 0.106. The Hall–Kier alpha value is -1.71. The largest absolute Gasteiger partial charge is 0.485 e. The first-order valence-corrected chi connectivity index (χ1v) is 6.39. The van der Waals surface area contributed by atoms with Crippen molar-refractivity contribution >= 4 is 5.91 Å². The quantitative estimate of drug-likeness (QED) is 0.889. The second kappa shape index (κ2) is 5.76. The van der Waals surface area contributed by atoms with Crippen molar-refractivity contribution in [3.8, 4) is 11.5 Å². The van der Waals surface area contributed by atoms with Crippen LogP contribution in [0, 0.1) is 0 Å². The predicted molar refractivity (Wildman–Crippen MR) is 68.9 cm³/mol. The van der Waals surface area contributed by atoms with E-state index in [1.165, 1.54) is 0 Å². The molecular weight excluding hydrogens is 230 g/mol. The predicted octanol–water partition coefficient (Wildman–Crippen LogP) is 2.13. The molecule has 1 aromatic rings. The Labute approximate surface area is 107 Å². The molecule has 0 saturated heterocycles. The van der Waals surface area contributed by atoms with Crippen LogP contribution in [0.15, 0.2) is 24.3 Å². The zero-order valence-electron chi connectivity index (χ0n) is 10.8. The monoisotopic (exact) mass is 249 g/mol. The Bertz CT molecular complexity index is 419. The molecule has 18 heavy (non-hydrogen) atoms. The van der Waals surface area contributed by atoms with Crippen LogP contribution < -0.4 is 14.8 Å². The summed E-state index contributed by atoms with van der Waals surface area (Å²) in [5.74, 6) is 1.22. The number of nitrogens with one attached hydrogen (secondary N) is 1. The second-order valence-electron chi connectivity index (χ2n) is 4.56. The molecule has 2 rings (SSSR count). The normalized spacial score (nSPS) is 19.1. The third-order valence-electron chi connectivity index (χ3n) is 2.91. The van der Waals surface area contributed by atoms with Gasteiger partial charge in [-0.2, -0.15) is 0 Å². The van der Waals surface area contributed by atoms with Crippen molar-refractivity contribution in [3.05, 3.63) is 24.3 Å². The fraction of sp³-hybridized carbons (Fsp3) is 0.500. The minimum Gasteiger partial charge on any atom is -0.485 e. The molecule has 0 saturated carbocycles. The number of amides is 1. The molecule has 0 unspecified atom stereocenters. The third kappa shape index (κ3) is 2.94. The molecule has 4 nitrogen and oxygen atoms in total. The van der Waals surface area contributed by atoms with E-state index in [0.717, 1.165) is 12.8 Å². The third-order valence-corrected chi connectivity index (χ3v) is 2.91. The lowest BCUT2D eigenvalue weighted by atomic mass is 10.2. The maximum atomic E-state index is 12.0. The van der Waals surface area contributed by atoms with Gasteiger partial charge < -0.3 is 14.8 Å². The highest BCUT2D eigenvalue weighted by atomic mass is 16.6. The van der Waals surface area contributed by atoms with Crippen LogP contribution >= 0.6 is 0 Å².